The van der Waals surface area contributed by atoms with Gasteiger partial charge in [-0.15, -0.1) is 0 Å². The Morgan fingerprint density at radius 3 is 1.35 bits per heavy atom. The topological polar surface area (TPSA) is 61.8 Å². The van der Waals surface area contributed by atoms with Crippen LogP contribution in [0.5, 0.6) is 0 Å². The Morgan fingerprint density at radius 2 is 0.946 bits per heavy atom. The number of unbranched alkanes of at least 4 members (excludes halogenated alkanes) is 18. The summed E-state index contributed by atoms with van der Waals surface area (Å²) in [6.07, 6.45) is 22.8. The van der Waals surface area contributed by atoms with E-state index in [1.54, 1.807) is 0 Å². The Morgan fingerprint density at radius 1 is 0.568 bits per heavy atom. The molecule has 0 unspecified atom stereocenters. The molecule has 0 aliphatic carbocycles. The van der Waals surface area contributed by atoms with Crippen molar-refractivity contribution < 1.29 is 35.2 Å². The van der Waals surface area contributed by atoms with Crippen molar-refractivity contribution in [2.75, 3.05) is 26.4 Å². The van der Waals surface area contributed by atoms with Crippen LogP contribution in [-0.2, 0) is 23.8 Å². The van der Waals surface area contributed by atoms with Gasteiger partial charge >= 0.3 is 15.6 Å². The van der Waals surface area contributed by atoms with Crippen molar-refractivity contribution in [2.45, 2.75) is 154 Å². The fraction of sp³-hybridized carbons (Fsp3) is 1.00. The Balaban J connectivity index is 4.06. The molecule has 0 spiro atoms. The van der Waals surface area contributed by atoms with E-state index >= 15 is 0 Å². The van der Waals surface area contributed by atoms with Gasteiger partial charge in [-0.25, -0.2) is 0 Å². The molecule has 0 heterocycles. The summed E-state index contributed by atoms with van der Waals surface area (Å²) in [5.74, 6) is 0. The maximum atomic E-state index is 12.6. The van der Waals surface area contributed by atoms with Gasteiger partial charge in [0.25, 0.3) is 0 Å². The Labute approximate surface area is 225 Å². The van der Waals surface area contributed by atoms with Gasteiger partial charge in [0.05, 0.1) is 13.2 Å². The molecule has 9 heteroatoms. The molecule has 37 heavy (non-hydrogen) atoms. The van der Waals surface area contributed by atoms with E-state index in [0.29, 0.717) is 13.2 Å². The third kappa shape index (κ3) is 23.2. The van der Waals surface area contributed by atoms with Gasteiger partial charge in [0, 0.05) is 13.2 Å². The molecule has 5 nitrogen and oxygen atoms in total. The lowest BCUT2D eigenvalue weighted by Crippen LogP contribution is -2.32. The minimum Gasteiger partial charge on any atom is -0.379 e. The predicted molar refractivity (Wildman–Crippen MR) is 145 cm³/mol. The fourth-order valence-electron chi connectivity index (χ4n) is 4.12. The zero-order valence-electron chi connectivity index (χ0n) is 23.6. The molecular weight excluding hydrogens is 505 g/mol. The molecule has 224 valence electrons. The normalized spacial score (nSPS) is 13.3. The van der Waals surface area contributed by atoms with E-state index in [4.69, 9.17) is 9.47 Å². The van der Waals surface area contributed by atoms with Crippen molar-refractivity contribution in [3.8, 4) is 0 Å². The van der Waals surface area contributed by atoms with E-state index < -0.39 is 28.3 Å². The predicted octanol–water partition coefficient (Wildman–Crippen LogP) is 9.10. The lowest BCUT2D eigenvalue weighted by molar-refractivity contribution is -0.0662. The highest BCUT2D eigenvalue weighted by Crippen LogP contribution is 2.25. The van der Waals surface area contributed by atoms with Crippen LogP contribution in [-0.4, -0.2) is 46.5 Å². The van der Waals surface area contributed by atoms with Crippen molar-refractivity contribution in [3.63, 3.8) is 0 Å². The van der Waals surface area contributed by atoms with E-state index in [0.717, 1.165) is 38.5 Å². The van der Waals surface area contributed by atoms with Gasteiger partial charge in [0.1, 0.15) is 6.10 Å². The molecular formula is C28H55F3O5S. The molecule has 0 aliphatic heterocycles. The summed E-state index contributed by atoms with van der Waals surface area (Å²) in [6.45, 7) is 4.56. The van der Waals surface area contributed by atoms with Crippen molar-refractivity contribution >= 4 is 10.1 Å². The third-order valence-corrected chi connectivity index (χ3v) is 7.50. The van der Waals surface area contributed by atoms with Gasteiger partial charge in [-0.1, -0.05) is 129 Å². The van der Waals surface area contributed by atoms with E-state index in [1.165, 1.54) is 89.9 Å². The number of alkyl halides is 3. The molecule has 0 bridgehead atoms. The van der Waals surface area contributed by atoms with E-state index in [9.17, 15) is 21.6 Å². The minimum absolute atomic E-state index is 0.0164. The van der Waals surface area contributed by atoms with Crippen LogP contribution >= 0.6 is 0 Å². The van der Waals surface area contributed by atoms with Crippen molar-refractivity contribution in [1.82, 2.24) is 0 Å². The molecule has 0 aromatic carbocycles. The molecule has 0 saturated carbocycles. The lowest BCUT2D eigenvalue weighted by atomic mass is 10.1. The Kier molecular flexibility index (Phi) is 24.4. The molecule has 0 fully saturated rings. The first-order chi connectivity index (χ1) is 17.7. The van der Waals surface area contributed by atoms with Crippen LogP contribution < -0.4 is 0 Å². The lowest BCUT2D eigenvalue weighted by Gasteiger charge is -2.18. The molecule has 0 aromatic rings. The monoisotopic (exact) mass is 560 g/mol. The summed E-state index contributed by atoms with van der Waals surface area (Å²) < 4.78 is 75.7. The standard InChI is InChI=1S/C28H55F3O5S/c1-3-5-7-9-11-13-15-17-19-21-23-34-25-27(26-36-37(32,33)28(29,30)31)35-24-22-20-18-16-14-12-10-8-6-4-2/h27H,3-26H2,1-2H3/t27-/m1/s1. The highest BCUT2D eigenvalue weighted by Gasteiger charge is 2.47. The van der Waals surface area contributed by atoms with Crippen molar-refractivity contribution in [2.24, 2.45) is 0 Å². The summed E-state index contributed by atoms with van der Waals surface area (Å²) in [4.78, 5) is 0. The first-order valence-electron chi connectivity index (χ1n) is 14.9. The number of hydrogen-bond acceptors (Lipinski definition) is 5. The first kappa shape index (κ1) is 36.6. The van der Waals surface area contributed by atoms with Crippen LogP contribution in [0.25, 0.3) is 0 Å². The second-order valence-corrected chi connectivity index (χ2v) is 11.7. The zero-order chi connectivity index (χ0) is 27.7. The van der Waals surface area contributed by atoms with E-state index in [2.05, 4.69) is 18.0 Å². The maximum Gasteiger partial charge on any atom is 0.523 e. The Hall–Kier alpha value is -0.380. The SMILES string of the molecule is CCCCCCCCCCCCOC[C@H](COS(=O)(=O)C(F)(F)F)OCCCCCCCCCCCC. The minimum atomic E-state index is -5.64. The van der Waals surface area contributed by atoms with Crippen LogP contribution in [0.1, 0.15) is 142 Å². The second kappa shape index (κ2) is 24.6. The molecule has 0 aliphatic rings. The average Bonchev–Trinajstić information content (AvgIpc) is 2.85. The van der Waals surface area contributed by atoms with Crippen LogP contribution in [0, 0.1) is 0 Å². The molecule has 0 radical (unpaired) electrons. The Bertz CT molecular complexity index is 585. The van der Waals surface area contributed by atoms with Gasteiger partial charge in [0.15, 0.2) is 0 Å². The quantitative estimate of drug-likeness (QED) is 0.0542. The molecule has 0 aromatic heterocycles. The smallest absolute Gasteiger partial charge is 0.379 e. The second-order valence-electron chi connectivity index (χ2n) is 10.1. The highest BCUT2D eigenvalue weighted by molar-refractivity contribution is 7.87. The van der Waals surface area contributed by atoms with Crippen LogP contribution in [0.2, 0.25) is 0 Å². The first-order valence-corrected chi connectivity index (χ1v) is 16.3. The number of ether oxygens (including phenoxy) is 2. The van der Waals surface area contributed by atoms with Crippen LogP contribution in [0.4, 0.5) is 13.2 Å². The summed E-state index contributed by atoms with van der Waals surface area (Å²) in [5.41, 5.74) is -5.44. The van der Waals surface area contributed by atoms with E-state index in [-0.39, 0.29) is 6.61 Å². The zero-order valence-corrected chi connectivity index (χ0v) is 24.4. The molecule has 0 N–H and O–H groups in total. The van der Waals surface area contributed by atoms with Gasteiger partial charge in [-0.3, -0.25) is 4.18 Å². The highest BCUT2D eigenvalue weighted by atomic mass is 32.2. The van der Waals surface area contributed by atoms with Gasteiger partial charge in [-0.05, 0) is 12.8 Å². The molecule has 0 amide bonds. The van der Waals surface area contributed by atoms with Crippen LogP contribution in [0.15, 0.2) is 0 Å². The largest absolute Gasteiger partial charge is 0.523 e. The van der Waals surface area contributed by atoms with E-state index in [1.807, 2.05) is 0 Å². The third-order valence-electron chi connectivity index (χ3n) is 6.49. The average molecular weight is 561 g/mol. The number of hydrogen-bond donors (Lipinski definition) is 0. The number of halogens is 3. The van der Waals surface area contributed by atoms with Gasteiger partial charge in [-0.2, -0.15) is 21.6 Å². The summed E-state index contributed by atoms with van der Waals surface area (Å²) in [6, 6.07) is 0. The molecule has 0 saturated heterocycles. The van der Waals surface area contributed by atoms with Crippen molar-refractivity contribution in [3.05, 3.63) is 0 Å². The molecule has 1 atom stereocenters. The summed E-state index contributed by atoms with van der Waals surface area (Å²) in [5, 5.41) is 0. The number of rotatable bonds is 28. The van der Waals surface area contributed by atoms with Gasteiger partial charge < -0.3 is 9.47 Å². The summed E-state index contributed by atoms with van der Waals surface area (Å²) in [7, 11) is -5.64. The maximum absolute atomic E-state index is 12.6. The van der Waals surface area contributed by atoms with Gasteiger partial charge in [0.2, 0.25) is 0 Å². The molecule has 0 rings (SSSR count). The fourth-order valence-corrected chi connectivity index (χ4v) is 4.59. The van der Waals surface area contributed by atoms with Crippen LogP contribution in [0.3, 0.4) is 0 Å². The van der Waals surface area contributed by atoms with Crippen molar-refractivity contribution in [1.29, 1.82) is 0 Å². The summed E-state index contributed by atoms with van der Waals surface area (Å²) >= 11 is 0.